The summed E-state index contributed by atoms with van der Waals surface area (Å²) in [5.41, 5.74) is 1.57. The van der Waals surface area contributed by atoms with Crippen molar-refractivity contribution < 1.29 is 0 Å². The Morgan fingerprint density at radius 2 is 2.55 bits per heavy atom. The average molecular weight is 150 g/mol. The molecule has 1 rings (SSSR count). The molecule has 0 fully saturated rings. The molecule has 0 N–H and O–H groups in total. The van der Waals surface area contributed by atoms with E-state index in [2.05, 4.69) is 26.5 Å². The van der Waals surface area contributed by atoms with Crippen molar-refractivity contribution in [2.24, 2.45) is 11.8 Å². The largest absolute Gasteiger partial charge is 0.103 e. The van der Waals surface area contributed by atoms with Crippen molar-refractivity contribution in [3.8, 4) is 0 Å². The predicted molar refractivity (Wildman–Crippen MR) is 50.5 cm³/mol. The number of allylic oxidation sites excluding steroid dienone is 3. The van der Waals surface area contributed by atoms with E-state index >= 15 is 0 Å². The van der Waals surface area contributed by atoms with Crippen LogP contribution < -0.4 is 0 Å². The van der Waals surface area contributed by atoms with Crippen molar-refractivity contribution in [1.82, 2.24) is 0 Å². The van der Waals surface area contributed by atoms with Gasteiger partial charge < -0.3 is 0 Å². The molecule has 0 heteroatoms. The maximum Gasteiger partial charge on any atom is -0.0289 e. The minimum Gasteiger partial charge on any atom is -0.103 e. The van der Waals surface area contributed by atoms with E-state index in [9.17, 15) is 0 Å². The van der Waals surface area contributed by atoms with Gasteiger partial charge in [-0.2, -0.15) is 0 Å². The van der Waals surface area contributed by atoms with Crippen LogP contribution in [0.15, 0.2) is 24.3 Å². The van der Waals surface area contributed by atoms with Crippen LogP contribution in [0, 0.1) is 11.8 Å². The van der Waals surface area contributed by atoms with Crippen LogP contribution in [0.25, 0.3) is 0 Å². The minimum atomic E-state index is 0.821. The van der Waals surface area contributed by atoms with Crippen LogP contribution in [-0.4, -0.2) is 0 Å². The molecule has 0 radical (unpaired) electrons. The first-order valence-corrected chi connectivity index (χ1v) is 4.50. The monoisotopic (exact) mass is 150 g/mol. The molecule has 0 aromatic heterocycles. The lowest BCUT2D eigenvalue weighted by molar-refractivity contribution is 0.378. The summed E-state index contributed by atoms with van der Waals surface area (Å²) in [7, 11) is 0. The predicted octanol–water partition coefficient (Wildman–Crippen LogP) is 3.55. The Labute approximate surface area is 70.0 Å². The molecule has 0 saturated heterocycles. The van der Waals surface area contributed by atoms with Gasteiger partial charge in [-0.25, -0.2) is 0 Å². The van der Waals surface area contributed by atoms with Gasteiger partial charge in [-0.3, -0.25) is 0 Å². The van der Waals surface area contributed by atoms with E-state index in [1.54, 1.807) is 5.57 Å². The molecule has 0 amide bonds. The van der Waals surface area contributed by atoms with Crippen molar-refractivity contribution in [2.75, 3.05) is 0 Å². The van der Waals surface area contributed by atoms with Gasteiger partial charge >= 0.3 is 0 Å². The van der Waals surface area contributed by atoms with Gasteiger partial charge in [-0.15, -0.1) is 6.58 Å². The van der Waals surface area contributed by atoms with Gasteiger partial charge in [0.05, 0.1) is 0 Å². The van der Waals surface area contributed by atoms with Crippen LogP contribution in [0.3, 0.4) is 0 Å². The van der Waals surface area contributed by atoms with Gasteiger partial charge in [-0.1, -0.05) is 24.6 Å². The highest BCUT2D eigenvalue weighted by molar-refractivity contribution is 5.07. The Morgan fingerprint density at radius 1 is 1.82 bits per heavy atom. The number of hydrogen-bond acceptors (Lipinski definition) is 0. The molecule has 0 spiro atoms. The van der Waals surface area contributed by atoms with E-state index in [1.165, 1.54) is 19.3 Å². The summed E-state index contributed by atoms with van der Waals surface area (Å²) in [6, 6.07) is 0. The molecule has 11 heavy (non-hydrogen) atoms. The lowest BCUT2D eigenvalue weighted by Crippen LogP contribution is -2.06. The Kier molecular flexibility index (Phi) is 2.92. The van der Waals surface area contributed by atoms with Crippen molar-refractivity contribution in [3.63, 3.8) is 0 Å². The molecule has 0 saturated carbocycles. The third-order valence-electron chi connectivity index (χ3n) is 2.70. The molecule has 1 aliphatic carbocycles. The van der Waals surface area contributed by atoms with Crippen LogP contribution in [-0.2, 0) is 0 Å². The fourth-order valence-corrected chi connectivity index (χ4v) is 1.82. The summed E-state index contributed by atoms with van der Waals surface area (Å²) in [6.45, 7) is 8.34. The van der Waals surface area contributed by atoms with Crippen molar-refractivity contribution in [3.05, 3.63) is 24.3 Å². The summed E-state index contributed by atoms with van der Waals surface area (Å²) in [4.78, 5) is 0. The summed E-state index contributed by atoms with van der Waals surface area (Å²) in [5, 5.41) is 0. The maximum atomic E-state index is 3.77. The zero-order chi connectivity index (χ0) is 8.27. The van der Waals surface area contributed by atoms with Gasteiger partial charge in [0.25, 0.3) is 0 Å². The third-order valence-corrected chi connectivity index (χ3v) is 2.70. The molecule has 0 aromatic rings. The second-order valence-electron chi connectivity index (χ2n) is 3.75. The first-order chi connectivity index (χ1) is 5.24. The summed E-state index contributed by atoms with van der Waals surface area (Å²) in [5.74, 6) is 1.72. The highest BCUT2D eigenvalue weighted by atomic mass is 14.2. The second-order valence-corrected chi connectivity index (χ2v) is 3.75. The molecule has 0 heterocycles. The van der Waals surface area contributed by atoms with Crippen LogP contribution in [0.2, 0.25) is 0 Å². The van der Waals surface area contributed by atoms with Crippen LogP contribution in [0.4, 0.5) is 0 Å². The SMILES string of the molecule is C=CCC(C)C1CC=C(C)C1. The molecule has 1 aliphatic rings. The lowest BCUT2D eigenvalue weighted by atomic mass is 9.89. The third kappa shape index (κ3) is 2.21. The Bertz CT molecular complexity index is 165. The highest BCUT2D eigenvalue weighted by Gasteiger charge is 2.19. The van der Waals surface area contributed by atoms with Crippen molar-refractivity contribution in [1.29, 1.82) is 0 Å². The first kappa shape index (κ1) is 8.58. The minimum absolute atomic E-state index is 0.821. The van der Waals surface area contributed by atoms with Gasteiger partial charge in [0.2, 0.25) is 0 Å². The first-order valence-electron chi connectivity index (χ1n) is 4.50. The molecule has 2 unspecified atom stereocenters. The van der Waals surface area contributed by atoms with Gasteiger partial charge in [-0.05, 0) is 38.0 Å². The summed E-state index contributed by atoms with van der Waals surface area (Å²) >= 11 is 0. The van der Waals surface area contributed by atoms with E-state index in [0.29, 0.717) is 0 Å². The van der Waals surface area contributed by atoms with Gasteiger partial charge in [0.1, 0.15) is 0 Å². The van der Waals surface area contributed by atoms with E-state index < -0.39 is 0 Å². The maximum absolute atomic E-state index is 3.77. The number of rotatable bonds is 3. The standard InChI is InChI=1S/C11H18/c1-4-5-10(3)11-7-6-9(2)8-11/h4,6,10-11H,1,5,7-8H2,2-3H3. The van der Waals surface area contributed by atoms with Crippen LogP contribution in [0.1, 0.15) is 33.1 Å². The molecular weight excluding hydrogens is 132 g/mol. The molecule has 62 valence electrons. The van der Waals surface area contributed by atoms with Crippen molar-refractivity contribution in [2.45, 2.75) is 33.1 Å². The fourth-order valence-electron chi connectivity index (χ4n) is 1.82. The number of hydrogen-bond donors (Lipinski definition) is 0. The van der Waals surface area contributed by atoms with Crippen molar-refractivity contribution >= 4 is 0 Å². The van der Waals surface area contributed by atoms with Crippen LogP contribution >= 0.6 is 0 Å². The average Bonchev–Trinajstić information content (AvgIpc) is 2.36. The fraction of sp³-hybridized carbons (Fsp3) is 0.636. The highest BCUT2D eigenvalue weighted by Crippen LogP contribution is 2.32. The zero-order valence-corrected chi connectivity index (χ0v) is 7.64. The van der Waals surface area contributed by atoms with Gasteiger partial charge in [0, 0.05) is 0 Å². The van der Waals surface area contributed by atoms with Gasteiger partial charge in [0.15, 0.2) is 0 Å². The zero-order valence-electron chi connectivity index (χ0n) is 7.64. The molecule has 0 aromatic carbocycles. The van der Waals surface area contributed by atoms with E-state index in [0.717, 1.165) is 11.8 Å². The summed E-state index contributed by atoms with van der Waals surface area (Å²) in [6.07, 6.45) is 8.20. The molecule has 0 nitrogen and oxygen atoms in total. The van der Waals surface area contributed by atoms with E-state index in [4.69, 9.17) is 0 Å². The topological polar surface area (TPSA) is 0 Å². The van der Waals surface area contributed by atoms with Crippen LogP contribution in [0.5, 0.6) is 0 Å². The normalized spacial score (nSPS) is 26.4. The van der Waals surface area contributed by atoms with E-state index in [1.807, 2.05) is 6.08 Å². The Morgan fingerprint density at radius 3 is 3.00 bits per heavy atom. The molecule has 0 aliphatic heterocycles. The molecular formula is C11H18. The molecule has 0 bridgehead atoms. The Hall–Kier alpha value is -0.520. The Balaban J connectivity index is 2.34. The van der Waals surface area contributed by atoms with E-state index in [-0.39, 0.29) is 0 Å². The second kappa shape index (κ2) is 3.75. The lowest BCUT2D eigenvalue weighted by Gasteiger charge is -2.16. The summed E-state index contributed by atoms with van der Waals surface area (Å²) < 4.78 is 0. The quantitative estimate of drug-likeness (QED) is 0.540. The smallest absolute Gasteiger partial charge is 0.0289 e. The molecule has 2 atom stereocenters.